The average Bonchev–Trinajstić information content (AvgIpc) is 2.78. The van der Waals surface area contributed by atoms with Crippen LogP contribution in [-0.4, -0.2) is 29.3 Å². The molecule has 0 radical (unpaired) electrons. The van der Waals surface area contributed by atoms with Gasteiger partial charge in [0.15, 0.2) is 0 Å². The zero-order valence-electron chi connectivity index (χ0n) is 16.8. The number of aromatic hydroxyl groups is 1. The highest BCUT2D eigenvalue weighted by Crippen LogP contribution is 2.27. The van der Waals surface area contributed by atoms with Crippen LogP contribution < -0.4 is 14.9 Å². The van der Waals surface area contributed by atoms with Gasteiger partial charge in [-0.25, -0.2) is 5.43 Å². The molecule has 1 amide bonds. The van der Waals surface area contributed by atoms with Crippen molar-refractivity contribution in [3.8, 4) is 17.2 Å². The number of nitro groups is 1. The van der Waals surface area contributed by atoms with Gasteiger partial charge in [0.2, 0.25) is 0 Å². The smallest absolute Gasteiger partial charge is 0.275 e. The number of phenols is 1. The first-order valence-electron chi connectivity index (χ1n) is 9.23. The Morgan fingerprint density at radius 1 is 1.19 bits per heavy atom. The first kappa shape index (κ1) is 22.8. The minimum Gasteiger partial charge on any atom is -0.507 e. The summed E-state index contributed by atoms with van der Waals surface area (Å²) < 4.78 is 11.4. The van der Waals surface area contributed by atoms with Gasteiger partial charge in [0.25, 0.3) is 11.6 Å². The lowest BCUT2D eigenvalue weighted by molar-refractivity contribution is -0.384. The number of hydrogen-bond donors (Lipinski definition) is 2. The number of ether oxygens (including phenoxy) is 2. The number of carbonyl (C=O) groups is 1. The van der Waals surface area contributed by atoms with Crippen molar-refractivity contribution in [3.63, 3.8) is 0 Å². The number of hydrogen-bond acceptors (Lipinski definition) is 7. The van der Waals surface area contributed by atoms with E-state index in [1.807, 2.05) is 0 Å². The lowest BCUT2D eigenvalue weighted by Crippen LogP contribution is -2.17. The molecule has 0 spiro atoms. The van der Waals surface area contributed by atoms with Crippen molar-refractivity contribution < 1.29 is 24.3 Å². The second-order valence-electron chi connectivity index (χ2n) is 6.48. The number of phenolic OH excluding ortho intramolecular Hbond substituents is 1. The summed E-state index contributed by atoms with van der Waals surface area (Å²) in [6, 6.07) is 15.7. The molecule has 0 aliphatic rings. The van der Waals surface area contributed by atoms with Crippen LogP contribution in [-0.2, 0) is 6.61 Å². The normalized spacial score (nSPS) is 10.7. The molecule has 2 N–H and O–H groups in total. The van der Waals surface area contributed by atoms with Crippen LogP contribution in [0.4, 0.5) is 5.69 Å². The zero-order valence-corrected chi connectivity index (χ0v) is 18.4. The highest BCUT2D eigenvalue weighted by atomic mass is 79.9. The van der Waals surface area contributed by atoms with E-state index in [-0.39, 0.29) is 23.6 Å². The molecule has 3 aromatic rings. The predicted octanol–water partition coefficient (Wildman–Crippen LogP) is 4.41. The minimum atomic E-state index is -0.566. The Kier molecular flexibility index (Phi) is 7.40. The van der Waals surface area contributed by atoms with Gasteiger partial charge >= 0.3 is 0 Å². The first-order chi connectivity index (χ1) is 15.4. The molecule has 0 fully saturated rings. The average molecular weight is 500 g/mol. The Morgan fingerprint density at radius 3 is 2.56 bits per heavy atom. The van der Waals surface area contributed by atoms with Crippen LogP contribution in [0.2, 0.25) is 0 Å². The number of nitrogens with one attached hydrogen (secondary N) is 1. The Bertz CT molecular complexity index is 1160. The number of nitrogens with zero attached hydrogens (tertiary/aromatic N) is 2. The van der Waals surface area contributed by atoms with Gasteiger partial charge < -0.3 is 14.6 Å². The third-order valence-electron chi connectivity index (χ3n) is 4.33. The number of amides is 1. The van der Waals surface area contributed by atoms with E-state index in [1.54, 1.807) is 36.4 Å². The van der Waals surface area contributed by atoms with Gasteiger partial charge in [-0.2, -0.15) is 5.10 Å². The number of halogens is 1. The van der Waals surface area contributed by atoms with Gasteiger partial charge in [-0.05, 0) is 69.5 Å². The van der Waals surface area contributed by atoms with Crippen LogP contribution in [0.25, 0.3) is 0 Å². The molecule has 0 aliphatic heterocycles. The molecule has 3 rings (SSSR count). The van der Waals surface area contributed by atoms with Crippen LogP contribution in [0.1, 0.15) is 21.5 Å². The molecule has 0 aromatic heterocycles. The molecule has 3 aromatic carbocycles. The number of nitro benzene ring substituents is 1. The maximum absolute atomic E-state index is 12.2. The molecule has 10 heteroatoms. The molecule has 0 atom stereocenters. The summed E-state index contributed by atoms with van der Waals surface area (Å²) in [6.45, 7) is 0.242. The largest absolute Gasteiger partial charge is 0.507 e. The van der Waals surface area contributed by atoms with Gasteiger partial charge in [-0.15, -0.1) is 0 Å². The standard InChI is InChI=1S/C22H18BrN3O6/c1-31-17-7-8-18(20(27)11-17)22(28)25-24-12-15-4-9-21(19(23)10-15)32-13-14-2-5-16(6-3-14)26(29)30/h2-12,27H,13H2,1H3,(H,25,28)/b24-12-. The highest BCUT2D eigenvalue weighted by Gasteiger charge is 2.11. The second-order valence-corrected chi connectivity index (χ2v) is 7.34. The molecule has 0 heterocycles. The van der Waals surface area contributed by atoms with E-state index in [9.17, 15) is 20.0 Å². The summed E-state index contributed by atoms with van der Waals surface area (Å²) >= 11 is 3.42. The van der Waals surface area contributed by atoms with Crippen molar-refractivity contribution in [3.05, 3.63) is 91.9 Å². The number of benzene rings is 3. The minimum absolute atomic E-state index is 0.0212. The molecule has 0 saturated heterocycles. The fraction of sp³-hybridized carbons (Fsp3) is 0.0909. The maximum Gasteiger partial charge on any atom is 0.275 e. The summed E-state index contributed by atoms with van der Waals surface area (Å²) in [5.41, 5.74) is 3.93. The maximum atomic E-state index is 12.2. The monoisotopic (exact) mass is 499 g/mol. The van der Waals surface area contributed by atoms with Gasteiger partial charge in [-0.1, -0.05) is 0 Å². The van der Waals surface area contributed by atoms with E-state index < -0.39 is 10.8 Å². The van der Waals surface area contributed by atoms with Crippen molar-refractivity contribution in [1.29, 1.82) is 0 Å². The van der Waals surface area contributed by atoms with E-state index in [0.29, 0.717) is 21.5 Å². The molecular weight excluding hydrogens is 482 g/mol. The number of hydrazone groups is 1. The zero-order chi connectivity index (χ0) is 23.1. The van der Waals surface area contributed by atoms with Crippen molar-refractivity contribution >= 4 is 33.7 Å². The van der Waals surface area contributed by atoms with Crippen molar-refractivity contribution in [2.45, 2.75) is 6.61 Å². The second kappa shape index (κ2) is 10.4. The van der Waals surface area contributed by atoms with E-state index in [1.165, 1.54) is 37.6 Å². The van der Waals surface area contributed by atoms with Crippen LogP contribution in [0.15, 0.2) is 70.2 Å². The summed E-state index contributed by atoms with van der Waals surface area (Å²) in [6.07, 6.45) is 1.45. The van der Waals surface area contributed by atoms with Crippen LogP contribution in [0.5, 0.6) is 17.2 Å². The van der Waals surface area contributed by atoms with Crippen LogP contribution >= 0.6 is 15.9 Å². The lowest BCUT2D eigenvalue weighted by Gasteiger charge is -2.09. The van der Waals surface area contributed by atoms with Crippen molar-refractivity contribution in [2.24, 2.45) is 5.10 Å². The third kappa shape index (κ3) is 5.82. The van der Waals surface area contributed by atoms with Gasteiger partial charge in [0.1, 0.15) is 23.9 Å². The first-order valence-corrected chi connectivity index (χ1v) is 10.0. The lowest BCUT2D eigenvalue weighted by atomic mass is 10.2. The molecule has 164 valence electrons. The van der Waals surface area contributed by atoms with Crippen LogP contribution in [0, 0.1) is 10.1 Å². The summed E-state index contributed by atoms with van der Waals surface area (Å²) in [5, 5.41) is 24.5. The van der Waals surface area contributed by atoms with Crippen molar-refractivity contribution in [2.75, 3.05) is 7.11 Å². The Balaban J connectivity index is 1.58. The molecule has 9 nitrogen and oxygen atoms in total. The number of methoxy groups -OCH3 is 1. The molecular formula is C22H18BrN3O6. The van der Waals surface area contributed by atoms with E-state index >= 15 is 0 Å². The summed E-state index contributed by atoms with van der Waals surface area (Å²) in [5.74, 6) is 0.230. The fourth-order valence-corrected chi connectivity index (χ4v) is 3.16. The van der Waals surface area contributed by atoms with E-state index in [4.69, 9.17) is 9.47 Å². The Hall–Kier alpha value is -3.92. The Morgan fingerprint density at radius 2 is 1.94 bits per heavy atom. The molecule has 0 bridgehead atoms. The Labute approximate surface area is 191 Å². The molecule has 0 unspecified atom stereocenters. The topological polar surface area (TPSA) is 123 Å². The predicted molar refractivity (Wildman–Crippen MR) is 121 cm³/mol. The number of carbonyl (C=O) groups excluding carboxylic acids is 1. The number of rotatable bonds is 8. The molecule has 0 saturated carbocycles. The summed E-state index contributed by atoms with van der Waals surface area (Å²) in [4.78, 5) is 22.4. The summed E-state index contributed by atoms with van der Waals surface area (Å²) in [7, 11) is 1.46. The third-order valence-corrected chi connectivity index (χ3v) is 4.95. The van der Waals surface area contributed by atoms with Crippen molar-refractivity contribution in [1.82, 2.24) is 5.43 Å². The SMILES string of the molecule is COc1ccc(C(=O)N/N=C\c2ccc(OCc3ccc([N+](=O)[O-])cc3)c(Br)c2)c(O)c1. The van der Waals surface area contributed by atoms with Gasteiger partial charge in [0.05, 0.1) is 28.3 Å². The van der Waals surface area contributed by atoms with Gasteiger partial charge in [-0.3, -0.25) is 14.9 Å². The van der Waals surface area contributed by atoms with E-state index in [2.05, 4.69) is 26.5 Å². The van der Waals surface area contributed by atoms with Crippen LogP contribution in [0.3, 0.4) is 0 Å². The number of non-ortho nitro benzene ring substituents is 1. The fourth-order valence-electron chi connectivity index (χ4n) is 2.65. The quantitative estimate of drug-likeness (QED) is 0.268. The molecule has 0 aliphatic carbocycles. The molecule has 32 heavy (non-hydrogen) atoms. The highest BCUT2D eigenvalue weighted by molar-refractivity contribution is 9.10. The van der Waals surface area contributed by atoms with Gasteiger partial charge in [0, 0.05) is 18.2 Å². The van der Waals surface area contributed by atoms with E-state index in [0.717, 1.165) is 5.56 Å².